The van der Waals surface area contributed by atoms with E-state index in [2.05, 4.69) is 0 Å². The molecule has 0 aliphatic carbocycles. The molecule has 0 fully saturated rings. The average molecular weight is 228 g/mol. The second-order valence-electron chi connectivity index (χ2n) is 3.85. The molecule has 0 aliphatic rings. The number of nitrogens with two attached hydrogens (primary N) is 2. The Morgan fingerprint density at radius 1 is 0.941 bits per heavy atom. The highest BCUT2D eigenvalue weighted by Gasteiger charge is 2.00. The second kappa shape index (κ2) is 5.37. The van der Waals surface area contributed by atoms with Gasteiger partial charge in [0, 0.05) is 6.54 Å². The van der Waals surface area contributed by atoms with Crippen molar-refractivity contribution >= 4 is 5.69 Å². The summed E-state index contributed by atoms with van der Waals surface area (Å²) >= 11 is 0. The van der Waals surface area contributed by atoms with Crippen molar-refractivity contribution in [3.8, 4) is 5.75 Å². The molecule has 0 atom stereocenters. The predicted molar refractivity (Wildman–Crippen MR) is 69.5 cm³/mol. The highest BCUT2D eigenvalue weighted by molar-refractivity contribution is 5.51. The Balaban J connectivity index is 2.05. The zero-order chi connectivity index (χ0) is 12.1. The Morgan fingerprint density at radius 3 is 2.47 bits per heavy atom. The first-order valence-electron chi connectivity index (χ1n) is 5.55. The van der Waals surface area contributed by atoms with Crippen LogP contribution < -0.4 is 16.2 Å². The molecule has 0 radical (unpaired) electrons. The Bertz CT molecular complexity index is 497. The van der Waals surface area contributed by atoms with E-state index in [0.717, 1.165) is 11.1 Å². The van der Waals surface area contributed by atoms with Crippen molar-refractivity contribution in [1.82, 2.24) is 0 Å². The Labute approximate surface area is 101 Å². The van der Waals surface area contributed by atoms with Gasteiger partial charge < -0.3 is 16.2 Å². The van der Waals surface area contributed by atoms with Crippen LogP contribution in [0.2, 0.25) is 0 Å². The number of nitrogen functional groups attached to an aromatic ring is 1. The second-order valence-corrected chi connectivity index (χ2v) is 3.85. The molecule has 0 spiro atoms. The first-order chi connectivity index (χ1) is 8.29. The summed E-state index contributed by atoms with van der Waals surface area (Å²) in [5.74, 6) is 0.714. The molecule has 0 aliphatic heterocycles. The van der Waals surface area contributed by atoms with Crippen molar-refractivity contribution in [3.63, 3.8) is 0 Å². The lowest BCUT2D eigenvalue weighted by atomic mass is 10.1. The van der Waals surface area contributed by atoms with Gasteiger partial charge >= 0.3 is 0 Å². The van der Waals surface area contributed by atoms with E-state index in [9.17, 15) is 0 Å². The highest BCUT2D eigenvalue weighted by Crippen LogP contribution is 2.21. The molecule has 3 nitrogen and oxygen atoms in total. The maximum atomic E-state index is 5.80. The van der Waals surface area contributed by atoms with Crippen LogP contribution in [-0.4, -0.2) is 0 Å². The fraction of sp³-hybridized carbons (Fsp3) is 0.143. The number of ether oxygens (including phenoxy) is 1. The third-order valence-corrected chi connectivity index (χ3v) is 2.54. The van der Waals surface area contributed by atoms with Gasteiger partial charge in [-0.25, -0.2) is 0 Å². The third-order valence-electron chi connectivity index (χ3n) is 2.54. The van der Waals surface area contributed by atoms with Gasteiger partial charge in [0.05, 0.1) is 5.69 Å². The molecule has 88 valence electrons. The number of hydrogen-bond donors (Lipinski definition) is 2. The van der Waals surface area contributed by atoms with Gasteiger partial charge in [0.1, 0.15) is 12.4 Å². The lowest BCUT2D eigenvalue weighted by molar-refractivity contribution is 0.308. The van der Waals surface area contributed by atoms with Crippen LogP contribution in [0, 0.1) is 0 Å². The first kappa shape index (κ1) is 11.5. The van der Waals surface area contributed by atoms with E-state index < -0.39 is 0 Å². The standard InChI is InChI=1S/C14H16N2O/c15-9-11-4-3-5-12(8-11)10-17-14-7-2-1-6-13(14)16/h1-8H,9-10,15-16H2. The van der Waals surface area contributed by atoms with Crippen LogP contribution in [-0.2, 0) is 13.2 Å². The molecular formula is C14H16N2O. The largest absolute Gasteiger partial charge is 0.487 e. The van der Waals surface area contributed by atoms with E-state index in [1.807, 2.05) is 48.5 Å². The fourth-order valence-corrected chi connectivity index (χ4v) is 1.62. The minimum absolute atomic E-state index is 0.502. The van der Waals surface area contributed by atoms with Gasteiger partial charge in [0.25, 0.3) is 0 Å². The predicted octanol–water partition coefficient (Wildman–Crippen LogP) is 2.31. The molecule has 4 N–H and O–H groups in total. The smallest absolute Gasteiger partial charge is 0.142 e. The van der Waals surface area contributed by atoms with Crippen LogP contribution in [0.25, 0.3) is 0 Å². The quantitative estimate of drug-likeness (QED) is 0.789. The van der Waals surface area contributed by atoms with E-state index in [-0.39, 0.29) is 0 Å². The van der Waals surface area contributed by atoms with E-state index >= 15 is 0 Å². The summed E-state index contributed by atoms with van der Waals surface area (Å²) in [6.07, 6.45) is 0. The molecule has 2 aromatic carbocycles. The van der Waals surface area contributed by atoms with Crippen LogP contribution in [0.15, 0.2) is 48.5 Å². The van der Waals surface area contributed by atoms with Gasteiger partial charge in [-0.1, -0.05) is 36.4 Å². The molecule has 0 bridgehead atoms. The maximum Gasteiger partial charge on any atom is 0.142 e. The molecule has 0 saturated carbocycles. The number of anilines is 1. The van der Waals surface area contributed by atoms with Crippen molar-refractivity contribution in [1.29, 1.82) is 0 Å². The first-order valence-corrected chi connectivity index (χ1v) is 5.55. The molecule has 0 heterocycles. The van der Waals surface area contributed by atoms with Crippen molar-refractivity contribution in [2.75, 3.05) is 5.73 Å². The van der Waals surface area contributed by atoms with Gasteiger partial charge in [-0.3, -0.25) is 0 Å². The molecule has 0 unspecified atom stereocenters. The van der Waals surface area contributed by atoms with Crippen molar-refractivity contribution < 1.29 is 4.74 Å². The maximum absolute atomic E-state index is 5.80. The molecule has 0 amide bonds. The summed E-state index contributed by atoms with van der Waals surface area (Å²) in [5.41, 5.74) is 14.2. The molecule has 17 heavy (non-hydrogen) atoms. The van der Waals surface area contributed by atoms with Gasteiger partial charge in [-0.15, -0.1) is 0 Å². The normalized spacial score (nSPS) is 10.2. The number of rotatable bonds is 4. The summed E-state index contributed by atoms with van der Waals surface area (Å²) in [7, 11) is 0. The number of para-hydroxylation sites is 2. The Kier molecular flexibility index (Phi) is 3.62. The van der Waals surface area contributed by atoms with Gasteiger partial charge in [-0.05, 0) is 23.3 Å². The fourth-order valence-electron chi connectivity index (χ4n) is 1.62. The third kappa shape index (κ3) is 2.98. The summed E-state index contributed by atoms with van der Waals surface area (Å²) in [5, 5.41) is 0. The minimum atomic E-state index is 0.502. The van der Waals surface area contributed by atoms with E-state index in [1.165, 1.54) is 0 Å². The van der Waals surface area contributed by atoms with Crippen LogP contribution in [0.5, 0.6) is 5.75 Å². The lowest BCUT2D eigenvalue weighted by Crippen LogP contribution is -2.01. The molecule has 2 rings (SSSR count). The van der Waals surface area contributed by atoms with Gasteiger partial charge in [0.15, 0.2) is 0 Å². The molecule has 3 heteroatoms. The van der Waals surface area contributed by atoms with Crippen molar-refractivity contribution in [2.24, 2.45) is 5.73 Å². The molecule has 2 aromatic rings. The van der Waals surface area contributed by atoms with E-state index in [0.29, 0.717) is 24.6 Å². The molecule has 0 aromatic heterocycles. The zero-order valence-corrected chi connectivity index (χ0v) is 9.60. The monoisotopic (exact) mass is 228 g/mol. The van der Waals surface area contributed by atoms with E-state index in [1.54, 1.807) is 0 Å². The summed E-state index contributed by atoms with van der Waals surface area (Å²) < 4.78 is 5.66. The topological polar surface area (TPSA) is 61.3 Å². The molecule has 0 saturated heterocycles. The van der Waals surface area contributed by atoms with Crippen molar-refractivity contribution in [3.05, 3.63) is 59.7 Å². The van der Waals surface area contributed by atoms with Crippen LogP contribution >= 0.6 is 0 Å². The number of hydrogen-bond acceptors (Lipinski definition) is 3. The van der Waals surface area contributed by atoms with Gasteiger partial charge in [-0.2, -0.15) is 0 Å². The summed E-state index contributed by atoms with van der Waals surface area (Å²) in [6.45, 7) is 1.05. The minimum Gasteiger partial charge on any atom is -0.487 e. The van der Waals surface area contributed by atoms with E-state index in [4.69, 9.17) is 16.2 Å². The Morgan fingerprint density at radius 2 is 1.71 bits per heavy atom. The Hall–Kier alpha value is -2.00. The average Bonchev–Trinajstić information content (AvgIpc) is 2.38. The van der Waals surface area contributed by atoms with Crippen LogP contribution in [0.4, 0.5) is 5.69 Å². The lowest BCUT2D eigenvalue weighted by Gasteiger charge is -2.09. The highest BCUT2D eigenvalue weighted by atomic mass is 16.5. The van der Waals surface area contributed by atoms with Crippen LogP contribution in [0.3, 0.4) is 0 Å². The SMILES string of the molecule is NCc1cccc(COc2ccccc2N)c1. The summed E-state index contributed by atoms with van der Waals surface area (Å²) in [4.78, 5) is 0. The zero-order valence-electron chi connectivity index (χ0n) is 9.60. The molecular weight excluding hydrogens is 212 g/mol. The number of benzene rings is 2. The van der Waals surface area contributed by atoms with Crippen molar-refractivity contribution in [2.45, 2.75) is 13.2 Å². The van der Waals surface area contributed by atoms with Crippen LogP contribution in [0.1, 0.15) is 11.1 Å². The summed E-state index contributed by atoms with van der Waals surface area (Å²) in [6, 6.07) is 15.5. The van der Waals surface area contributed by atoms with Gasteiger partial charge in [0.2, 0.25) is 0 Å².